The number of carbonyl (C=O) groups is 2. The van der Waals surface area contributed by atoms with E-state index in [1.54, 1.807) is 6.07 Å². The van der Waals surface area contributed by atoms with Crippen molar-refractivity contribution >= 4 is 17.5 Å². The first kappa shape index (κ1) is 17.5. The van der Waals surface area contributed by atoms with Crippen molar-refractivity contribution < 1.29 is 14.3 Å². The molecule has 0 aliphatic carbocycles. The fourth-order valence-corrected chi connectivity index (χ4v) is 3.89. The van der Waals surface area contributed by atoms with Gasteiger partial charge in [-0.3, -0.25) is 9.59 Å². The zero-order valence-corrected chi connectivity index (χ0v) is 15.4. The van der Waals surface area contributed by atoms with Gasteiger partial charge in [-0.15, -0.1) is 0 Å². The molecule has 0 radical (unpaired) electrons. The molecule has 2 aliphatic rings. The lowest BCUT2D eigenvalue weighted by Gasteiger charge is -2.29. The molecule has 0 spiro atoms. The SMILES string of the molecule is CC1(c2ccccc2)CCCN(C(=O)c2cnc3c(c2)NC(=O)CO3)CC1. The molecular formula is C21H23N3O3. The lowest BCUT2D eigenvalue weighted by Crippen LogP contribution is -2.33. The van der Waals surface area contributed by atoms with Crippen molar-refractivity contribution in [1.29, 1.82) is 0 Å². The minimum absolute atomic E-state index is 0.0442. The predicted molar refractivity (Wildman–Crippen MR) is 102 cm³/mol. The number of likely N-dealkylation sites (tertiary alicyclic amines) is 1. The number of rotatable bonds is 2. The highest BCUT2D eigenvalue weighted by molar-refractivity contribution is 5.99. The highest BCUT2D eigenvalue weighted by Gasteiger charge is 2.31. The number of ether oxygens (including phenoxy) is 1. The summed E-state index contributed by atoms with van der Waals surface area (Å²) in [5.74, 6) is 0.0726. The minimum Gasteiger partial charge on any atom is -0.466 e. The fourth-order valence-electron chi connectivity index (χ4n) is 3.89. The molecule has 1 atom stereocenters. The number of nitrogens with zero attached hydrogens (tertiary/aromatic N) is 2. The van der Waals surface area contributed by atoms with E-state index in [0.29, 0.717) is 23.7 Å². The molecule has 2 aromatic rings. The van der Waals surface area contributed by atoms with E-state index >= 15 is 0 Å². The summed E-state index contributed by atoms with van der Waals surface area (Å²) < 4.78 is 5.26. The molecule has 1 unspecified atom stereocenters. The van der Waals surface area contributed by atoms with Crippen molar-refractivity contribution in [2.75, 3.05) is 25.0 Å². The van der Waals surface area contributed by atoms with Gasteiger partial charge in [-0.25, -0.2) is 4.98 Å². The van der Waals surface area contributed by atoms with E-state index in [9.17, 15) is 9.59 Å². The maximum Gasteiger partial charge on any atom is 0.262 e. The summed E-state index contributed by atoms with van der Waals surface area (Å²) in [5.41, 5.74) is 2.34. The molecule has 140 valence electrons. The van der Waals surface area contributed by atoms with Crippen LogP contribution in [0.2, 0.25) is 0 Å². The number of aromatic nitrogens is 1. The third kappa shape index (κ3) is 3.52. The normalized spacial score (nSPS) is 22.3. The first-order valence-corrected chi connectivity index (χ1v) is 9.33. The average molecular weight is 365 g/mol. The van der Waals surface area contributed by atoms with Gasteiger partial charge in [0.15, 0.2) is 6.61 Å². The Hall–Kier alpha value is -2.89. The summed E-state index contributed by atoms with van der Waals surface area (Å²) in [6.45, 7) is 3.66. The van der Waals surface area contributed by atoms with Gasteiger partial charge in [0, 0.05) is 19.3 Å². The quantitative estimate of drug-likeness (QED) is 0.888. The van der Waals surface area contributed by atoms with E-state index in [2.05, 4.69) is 41.5 Å². The summed E-state index contributed by atoms with van der Waals surface area (Å²) in [7, 11) is 0. The van der Waals surface area contributed by atoms with Crippen LogP contribution in [0.15, 0.2) is 42.6 Å². The van der Waals surface area contributed by atoms with Gasteiger partial charge in [-0.2, -0.15) is 0 Å². The molecule has 4 rings (SSSR count). The molecule has 0 saturated carbocycles. The van der Waals surface area contributed by atoms with Gasteiger partial charge in [0.05, 0.1) is 5.56 Å². The van der Waals surface area contributed by atoms with Crippen LogP contribution < -0.4 is 10.1 Å². The van der Waals surface area contributed by atoms with Crippen LogP contribution in [0, 0.1) is 0 Å². The van der Waals surface area contributed by atoms with Crippen molar-refractivity contribution in [3.63, 3.8) is 0 Å². The van der Waals surface area contributed by atoms with Crippen LogP contribution in [0.1, 0.15) is 42.1 Å². The van der Waals surface area contributed by atoms with Crippen LogP contribution in [0.5, 0.6) is 5.88 Å². The largest absolute Gasteiger partial charge is 0.466 e. The Labute approximate surface area is 158 Å². The number of hydrogen-bond acceptors (Lipinski definition) is 4. The first-order valence-electron chi connectivity index (χ1n) is 9.33. The zero-order valence-electron chi connectivity index (χ0n) is 15.4. The Morgan fingerprint density at radius 1 is 1.22 bits per heavy atom. The molecule has 1 saturated heterocycles. The molecule has 1 aromatic carbocycles. The van der Waals surface area contributed by atoms with E-state index in [-0.39, 0.29) is 23.8 Å². The van der Waals surface area contributed by atoms with Crippen LogP contribution in [0.4, 0.5) is 5.69 Å². The molecule has 2 amide bonds. The number of nitrogens with one attached hydrogen (secondary N) is 1. The summed E-state index contributed by atoms with van der Waals surface area (Å²) in [6, 6.07) is 12.2. The Bertz CT molecular complexity index is 868. The fraction of sp³-hybridized carbons (Fsp3) is 0.381. The van der Waals surface area contributed by atoms with Crippen molar-refractivity contribution in [2.24, 2.45) is 0 Å². The van der Waals surface area contributed by atoms with E-state index in [1.807, 2.05) is 11.0 Å². The third-order valence-electron chi connectivity index (χ3n) is 5.56. The molecule has 6 heteroatoms. The number of fused-ring (bicyclic) bond motifs is 1. The van der Waals surface area contributed by atoms with Gasteiger partial charge in [0.2, 0.25) is 5.88 Å². The molecule has 1 N–H and O–H groups in total. The van der Waals surface area contributed by atoms with E-state index in [0.717, 1.165) is 25.8 Å². The van der Waals surface area contributed by atoms with Crippen LogP contribution in [-0.2, 0) is 10.2 Å². The topological polar surface area (TPSA) is 71.5 Å². The van der Waals surface area contributed by atoms with Gasteiger partial charge in [0.25, 0.3) is 11.8 Å². The van der Waals surface area contributed by atoms with Gasteiger partial charge in [-0.1, -0.05) is 37.3 Å². The average Bonchev–Trinajstić information content (AvgIpc) is 2.90. The number of hydrogen-bond donors (Lipinski definition) is 1. The highest BCUT2D eigenvalue weighted by atomic mass is 16.5. The second kappa shape index (κ2) is 7.02. The lowest BCUT2D eigenvalue weighted by molar-refractivity contribution is -0.118. The predicted octanol–water partition coefficient (Wildman–Crippen LogP) is 3.00. The molecule has 27 heavy (non-hydrogen) atoms. The molecule has 1 fully saturated rings. The van der Waals surface area contributed by atoms with Crippen molar-refractivity contribution in [2.45, 2.75) is 31.6 Å². The summed E-state index contributed by atoms with van der Waals surface area (Å²) in [5, 5.41) is 2.71. The minimum atomic E-state index is -0.234. The number of amides is 2. The Morgan fingerprint density at radius 2 is 2.04 bits per heavy atom. The Balaban J connectivity index is 1.50. The van der Waals surface area contributed by atoms with Crippen molar-refractivity contribution in [3.8, 4) is 5.88 Å². The summed E-state index contributed by atoms with van der Waals surface area (Å²) >= 11 is 0. The smallest absolute Gasteiger partial charge is 0.262 e. The molecule has 3 heterocycles. The maximum atomic E-state index is 13.0. The van der Waals surface area contributed by atoms with Gasteiger partial charge in [-0.05, 0) is 36.3 Å². The van der Waals surface area contributed by atoms with E-state index in [4.69, 9.17) is 4.74 Å². The van der Waals surface area contributed by atoms with Gasteiger partial charge in [0.1, 0.15) is 5.69 Å². The molecule has 0 bridgehead atoms. The summed E-state index contributed by atoms with van der Waals surface area (Å²) in [6.07, 6.45) is 4.45. The summed E-state index contributed by atoms with van der Waals surface area (Å²) in [4.78, 5) is 30.6. The number of carbonyl (C=O) groups excluding carboxylic acids is 2. The molecule has 6 nitrogen and oxygen atoms in total. The Morgan fingerprint density at radius 3 is 2.85 bits per heavy atom. The third-order valence-corrected chi connectivity index (χ3v) is 5.56. The molecule has 2 aliphatic heterocycles. The number of pyridine rings is 1. The zero-order chi connectivity index (χ0) is 18.9. The first-order chi connectivity index (χ1) is 13.0. The van der Waals surface area contributed by atoms with E-state index < -0.39 is 0 Å². The molecular weight excluding hydrogens is 342 g/mol. The standard InChI is InChI=1S/C21H23N3O3/c1-21(16-6-3-2-4-7-16)8-5-10-24(11-9-21)20(26)15-12-17-19(22-13-15)27-14-18(25)23-17/h2-4,6-7,12-13H,5,8-11,14H2,1H3,(H,23,25). The highest BCUT2D eigenvalue weighted by Crippen LogP contribution is 2.35. The second-order valence-electron chi connectivity index (χ2n) is 7.49. The maximum absolute atomic E-state index is 13.0. The van der Waals surface area contributed by atoms with Crippen LogP contribution >= 0.6 is 0 Å². The second-order valence-corrected chi connectivity index (χ2v) is 7.49. The van der Waals surface area contributed by atoms with Crippen LogP contribution in [0.3, 0.4) is 0 Å². The monoisotopic (exact) mass is 365 g/mol. The van der Waals surface area contributed by atoms with Crippen molar-refractivity contribution in [1.82, 2.24) is 9.88 Å². The molecule has 1 aromatic heterocycles. The van der Waals surface area contributed by atoms with E-state index in [1.165, 1.54) is 11.8 Å². The van der Waals surface area contributed by atoms with Gasteiger partial charge < -0.3 is 15.0 Å². The van der Waals surface area contributed by atoms with Crippen molar-refractivity contribution in [3.05, 3.63) is 53.7 Å². The number of benzene rings is 1. The number of anilines is 1. The van der Waals surface area contributed by atoms with Crippen LogP contribution in [-0.4, -0.2) is 41.4 Å². The Kier molecular flexibility index (Phi) is 4.56. The lowest BCUT2D eigenvalue weighted by atomic mass is 9.76. The van der Waals surface area contributed by atoms with Gasteiger partial charge >= 0.3 is 0 Å². The van der Waals surface area contributed by atoms with Crippen LogP contribution in [0.25, 0.3) is 0 Å².